The first-order chi connectivity index (χ1) is 22.0. The lowest BCUT2D eigenvalue weighted by Crippen LogP contribution is -2.25. The predicted octanol–water partition coefficient (Wildman–Crippen LogP) is 3.48. The van der Waals surface area contributed by atoms with Crippen molar-refractivity contribution < 1.29 is 14.3 Å². The number of hydrogen-bond acceptors (Lipinski definition) is 13. The van der Waals surface area contributed by atoms with Crippen molar-refractivity contribution in [1.29, 1.82) is 0 Å². The van der Waals surface area contributed by atoms with E-state index in [2.05, 4.69) is 51.6 Å². The summed E-state index contributed by atoms with van der Waals surface area (Å²) in [6, 6.07) is 17.5. The Morgan fingerprint density at radius 3 is 2.47 bits per heavy atom. The second kappa shape index (κ2) is 14.2. The summed E-state index contributed by atoms with van der Waals surface area (Å²) in [6.45, 7) is 2.06. The van der Waals surface area contributed by atoms with Gasteiger partial charge in [0.15, 0.2) is 0 Å². The van der Waals surface area contributed by atoms with Crippen LogP contribution < -0.4 is 25.6 Å². The number of carbonyl (C=O) groups is 2. The Bertz CT molecular complexity index is 1720. The molecule has 5 aromatic rings. The first-order valence-corrected chi connectivity index (χ1v) is 16.0. The molecule has 1 aliphatic rings. The number of aromatic nitrogens is 7. The summed E-state index contributed by atoms with van der Waals surface area (Å²) >= 11 is 2.64. The van der Waals surface area contributed by atoms with Crippen molar-refractivity contribution in [2.24, 2.45) is 0 Å². The van der Waals surface area contributed by atoms with E-state index < -0.39 is 0 Å². The van der Waals surface area contributed by atoms with E-state index in [1.54, 1.807) is 11.8 Å². The van der Waals surface area contributed by atoms with Gasteiger partial charge in [-0.05, 0) is 29.7 Å². The summed E-state index contributed by atoms with van der Waals surface area (Å²) in [5, 5.41) is 36.4. The van der Waals surface area contributed by atoms with Crippen LogP contribution in [-0.4, -0.2) is 73.4 Å². The van der Waals surface area contributed by atoms with Gasteiger partial charge in [-0.3, -0.25) is 9.59 Å². The lowest BCUT2D eigenvalue weighted by atomic mass is 10.1. The highest BCUT2D eigenvalue weighted by atomic mass is 32.1. The fourth-order valence-electron chi connectivity index (χ4n) is 4.77. The van der Waals surface area contributed by atoms with Crippen LogP contribution in [0.15, 0.2) is 60.8 Å². The van der Waals surface area contributed by atoms with Crippen LogP contribution in [0.5, 0.6) is 5.75 Å². The average molecular weight is 646 g/mol. The minimum absolute atomic E-state index is 0.130. The Hall–Kier alpha value is -4.96. The number of hydrogen-bond donors (Lipinski definition) is 3. The number of aryl methyl sites for hydroxylation is 1. The van der Waals surface area contributed by atoms with Crippen LogP contribution in [0.1, 0.15) is 29.7 Å². The van der Waals surface area contributed by atoms with E-state index in [9.17, 15) is 9.59 Å². The Morgan fingerprint density at radius 1 is 0.889 bits per heavy atom. The van der Waals surface area contributed by atoms with Gasteiger partial charge in [0.25, 0.3) is 0 Å². The molecule has 1 saturated heterocycles. The van der Waals surface area contributed by atoms with E-state index in [1.165, 1.54) is 22.7 Å². The molecule has 6 rings (SSSR count). The number of methoxy groups -OCH3 is 1. The van der Waals surface area contributed by atoms with Crippen LogP contribution in [0.3, 0.4) is 0 Å². The van der Waals surface area contributed by atoms with Crippen molar-refractivity contribution in [3.63, 3.8) is 0 Å². The zero-order valence-corrected chi connectivity index (χ0v) is 26.1. The summed E-state index contributed by atoms with van der Waals surface area (Å²) in [6.07, 6.45) is 3.71. The van der Waals surface area contributed by atoms with Crippen molar-refractivity contribution in [2.45, 2.75) is 38.3 Å². The molecule has 45 heavy (non-hydrogen) atoms. The third-order valence-corrected chi connectivity index (χ3v) is 8.69. The number of amides is 2. The highest BCUT2D eigenvalue weighted by molar-refractivity contribution is 7.19. The van der Waals surface area contributed by atoms with Crippen LogP contribution in [0.25, 0.3) is 0 Å². The lowest BCUT2D eigenvalue weighted by molar-refractivity contribution is -0.116. The molecule has 3 aromatic heterocycles. The number of carbonyl (C=O) groups excluding carboxylic acids is 2. The zero-order chi connectivity index (χ0) is 31.0. The molecule has 2 aromatic carbocycles. The summed E-state index contributed by atoms with van der Waals surface area (Å²) in [5.41, 5.74) is 2.75. The SMILES string of the molecule is COc1ccc(Cn2cc(CCC(=O)Nc3nnc(N4CC[C@H](Nc5nnc(NC(=O)Cc6ccccc6)s5)C4)s3)nn2)cc1. The van der Waals surface area contributed by atoms with Gasteiger partial charge in [0.1, 0.15) is 5.75 Å². The zero-order valence-electron chi connectivity index (χ0n) is 24.4. The quantitative estimate of drug-likeness (QED) is 0.172. The number of anilines is 4. The largest absolute Gasteiger partial charge is 0.497 e. The molecule has 0 saturated carbocycles. The van der Waals surface area contributed by atoms with Gasteiger partial charge in [0, 0.05) is 38.2 Å². The van der Waals surface area contributed by atoms with Crippen molar-refractivity contribution >= 4 is 55.0 Å². The van der Waals surface area contributed by atoms with Crippen LogP contribution in [0.4, 0.5) is 20.5 Å². The van der Waals surface area contributed by atoms with Crippen molar-refractivity contribution in [1.82, 2.24) is 35.4 Å². The second-order valence-electron chi connectivity index (χ2n) is 10.4. The molecule has 1 aliphatic heterocycles. The lowest BCUT2D eigenvalue weighted by Gasteiger charge is -2.14. The molecule has 3 N–H and O–H groups in total. The van der Waals surface area contributed by atoms with Gasteiger partial charge < -0.3 is 25.6 Å². The van der Waals surface area contributed by atoms with Crippen LogP contribution >= 0.6 is 22.7 Å². The normalized spacial score (nSPS) is 14.3. The summed E-state index contributed by atoms with van der Waals surface area (Å²) in [5.74, 6) is 0.505. The van der Waals surface area contributed by atoms with Gasteiger partial charge in [-0.15, -0.1) is 25.5 Å². The Balaban J connectivity index is 0.921. The molecule has 2 amide bonds. The van der Waals surface area contributed by atoms with Gasteiger partial charge in [0.2, 0.25) is 32.3 Å². The van der Waals surface area contributed by atoms with Gasteiger partial charge in [0.05, 0.1) is 25.8 Å². The summed E-state index contributed by atoms with van der Waals surface area (Å²) in [4.78, 5) is 27.0. The highest BCUT2D eigenvalue weighted by Gasteiger charge is 2.26. The molecule has 16 heteroatoms. The van der Waals surface area contributed by atoms with E-state index in [0.29, 0.717) is 34.9 Å². The molecule has 1 fully saturated rings. The second-order valence-corrected chi connectivity index (χ2v) is 12.3. The summed E-state index contributed by atoms with van der Waals surface area (Å²) < 4.78 is 6.94. The molecule has 4 heterocycles. The van der Waals surface area contributed by atoms with Gasteiger partial charge in [-0.2, -0.15) is 0 Å². The van der Waals surface area contributed by atoms with E-state index in [1.807, 2.05) is 60.8 Å². The fraction of sp³-hybridized carbons (Fsp3) is 0.310. The van der Waals surface area contributed by atoms with E-state index >= 15 is 0 Å². The molecule has 1 atom stereocenters. The van der Waals surface area contributed by atoms with Gasteiger partial charge in [-0.25, -0.2) is 4.68 Å². The van der Waals surface area contributed by atoms with Crippen molar-refractivity contribution in [2.75, 3.05) is 41.0 Å². The smallest absolute Gasteiger partial charge is 0.230 e. The van der Waals surface area contributed by atoms with Crippen LogP contribution in [0, 0.1) is 0 Å². The first-order valence-electron chi connectivity index (χ1n) is 14.3. The number of benzene rings is 2. The fourth-order valence-corrected chi connectivity index (χ4v) is 6.30. The maximum absolute atomic E-state index is 12.6. The minimum Gasteiger partial charge on any atom is -0.497 e. The molecular weight excluding hydrogens is 615 g/mol. The number of nitrogens with zero attached hydrogens (tertiary/aromatic N) is 8. The Kier molecular flexibility index (Phi) is 9.50. The topological polar surface area (TPSA) is 165 Å². The number of ether oxygens (including phenoxy) is 1. The maximum Gasteiger partial charge on any atom is 0.230 e. The number of nitrogens with one attached hydrogen (secondary N) is 3. The van der Waals surface area contributed by atoms with Gasteiger partial charge >= 0.3 is 0 Å². The Labute approximate surface area is 266 Å². The van der Waals surface area contributed by atoms with E-state index in [4.69, 9.17) is 4.74 Å². The number of rotatable bonds is 13. The van der Waals surface area contributed by atoms with E-state index in [-0.39, 0.29) is 30.7 Å². The van der Waals surface area contributed by atoms with Crippen LogP contribution in [-0.2, 0) is 29.0 Å². The van der Waals surface area contributed by atoms with Crippen molar-refractivity contribution in [3.8, 4) is 5.75 Å². The first kappa shape index (κ1) is 30.1. The third kappa shape index (κ3) is 8.36. The Morgan fingerprint density at radius 2 is 1.64 bits per heavy atom. The van der Waals surface area contributed by atoms with E-state index in [0.717, 1.165) is 40.7 Å². The van der Waals surface area contributed by atoms with Gasteiger partial charge in [-0.1, -0.05) is 70.4 Å². The molecule has 0 spiro atoms. The monoisotopic (exact) mass is 645 g/mol. The molecule has 14 nitrogen and oxygen atoms in total. The molecular formula is C29H31N11O3S2. The highest BCUT2D eigenvalue weighted by Crippen LogP contribution is 2.29. The third-order valence-electron chi connectivity index (χ3n) is 7.02. The molecule has 232 valence electrons. The van der Waals surface area contributed by atoms with Crippen molar-refractivity contribution in [3.05, 3.63) is 77.6 Å². The summed E-state index contributed by atoms with van der Waals surface area (Å²) in [7, 11) is 1.64. The average Bonchev–Trinajstić information content (AvgIpc) is 3.86. The molecule has 0 unspecified atom stereocenters. The van der Waals surface area contributed by atoms with Crippen LogP contribution in [0.2, 0.25) is 0 Å². The standard InChI is InChI=1S/C29H31N11O3S2/c1-43-23-10-7-20(8-11-23)16-40-18-22(33-38-40)9-12-24(41)31-28-36-37-29(45-28)39-14-13-21(17-39)30-26-34-35-27(44-26)32-25(42)15-19-5-3-2-4-6-19/h2-8,10-11,18,21H,9,12-17H2,1H3,(H,30,34)(H,31,36,41)(H,32,35,42)/t21-/m0/s1. The molecule has 0 bridgehead atoms. The molecule has 0 radical (unpaired) electrons. The minimum atomic E-state index is -0.161. The predicted molar refractivity (Wildman–Crippen MR) is 172 cm³/mol. The maximum atomic E-state index is 12.6. The molecule has 0 aliphatic carbocycles.